The first-order valence-electron chi connectivity index (χ1n) is 6.76. The Bertz CT molecular complexity index is 580. The van der Waals surface area contributed by atoms with E-state index >= 15 is 0 Å². The van der Waals surface area contributed by atoms with Crippen molar-refractivity contribution in [2.75, 3.05) is 11.4 Å². The molecule has 0 radical (unpaired) electrons. The second kappa shape index (κ2) is 5.02. The molecular weight excluding hydrogens is 236 g/mol. The van der Waals surface area contributed by atoms with Gasteiger partial charge in [-0.25, -0.2) is 4.98 Å². The van der Waals surface area contributed by atoms with E-state index in [0.717, 1.165) is 30.8 Å². The number of benzene rings is 1. The Labute approximate surface area is 113 Å². The Hall–Kier alpha value is -1.87. The monoisotopic (exact) mass is 254 g/mol. The number of hydrogen-bond donors (Lipinski definition) is 1. The lowest BCUT2D eigenvalue weighted by molar-refractivity contribution is 0.199. The van der Waals surface area contributed by atoms with Gasteiger partial charge in [0.05, 0.1) is 6.10 Å². The molecule has 1 aliphatic heterocycles. The maximum absolute atomic E-state index is 9.92. The molecule has 0 fully saturated rings. The van der Waals surface area contributed by atoms with E-state index in [4.69, 9.17) is 0 Å². The van der Waals surface area contributed by atoms with Gasteiger partial charge in [-0.2, -0.15) is 0 Å². The molecule has 1 aromatic carbocycles. The molecule has 3 heteroatoms. The van der Waals surface area contributed by atoms with Gasteiger partial charge >= 0.3 is 0 Å². The molecular formula is C16H18N2O. The van der Waals surface area contributed by atoms with Gasteiger partial charge in [0, 0.05) is 24.0 Å². The van der Waals surface area contributed by atoms with Crippen molar-refractivity contribution in [3.05, 3.63) is 53.7 Å². The largest absolute Gasteiger partial charge is 0.389 e. The summed E-state index contributed by atoms with van der Waals surface area (Å²) in [5, 5.41) is 9.92. The molecule has 0 aliphatic carbocycles. The summed E-state index contributed by atoms with van der Waals surface area (Å²) in [7, 11) is 0. The Morgan fingerprint density at radius 3 is 2.89 bits per heavy atom. The van der Waals surface area contributed by atoms with Crippen LogP contribution in [0.4, 0.5) is 11.5 Å². The molecule has 3 nitrogen and oxygen atoms in total. The number of fused-ring (bicyclic) bond motifs is 1. The quantitative estimate of drug-likeness (QED) is 0.894. The van der Waals surface area contributed by atoms with Crippen LogP contribution in [0.15, 0.2) is 42.6 Å². The van der Waals surface area contributed by atoms with Gasteiger partial charge in [-0.3, -0.25) is 0 Å². The van der Waals surface area contributed by atoms with E-state index in [9.17, 15) is 5.11 Å². The zero-order valence-electron chi connectivity index (χ0n) is 11.1. The van der Waals surface area contributed by atoms with Crippen molar-refractivity contribution >= 4 is 11.5 Å². The highest BCUT2D eigenvalue weighted by Crippen LogP contribution is 2.35. The minimum atomic E-state index is -0.502. The molecule has 0 bridgehead atoms. The van der Waals surface area contributed by atoms with Crippen LogP contribution in [-0.4, -0.2) is 16.6 Å². The number of aromatic nitrogens is 1. The van der Waals surface area contributed by atoms with Gasteiger partial charge < -0.3 is 10.0 Å². The molecule has 2 aromatic rings. The summed E-state index contributed by atoms with van der Waals surface area (Å²) in [5.41, 5.74) is 3.46. The number of rotatable bonds is 2. The predicted molar refractivity (Wildman–Crippen MR) is 76.6 cm³/mol. The number of hydrogen-bond acceptors (Lipinski definition) is 3. The van der Waals surface area contributed by atoms with Crippen molar-refractivity contribution in [1.29, 1.82) is 0 Å². The molecule has 19 heavy (non-hydrogen) atoms. The fraction of sp³-hybridized carbons (Fsp3) is 0.312. The lowest BCUT2D eigenvalue weighted by atomic mass is 10.0. The number of pyridine rings is 1. The number of anilines is 2. The van der Waals surface area contributed by atoms with Crippen molar-refractivity contribution in [1.82, 2.24) is 4.98 Å². The van der Waals surface area contributed by atoms with Crippen LogP contribution in [0.2, 0.25) is 0 Å². The van der Waals surface area contributed by atoms with E-state index in [2.05, 4.69) is 34.1 Å². The van der Waals surface area contributed by atoms with Crippen LogP contribution in [0.25, 0.3) is 0 Å². The second-order valence-electron chi connectivity index (χ2n) is 4.98. The van der Waals surface area contributed by atoms with Crippen molar-refractivity contribution in [2.45, 2.75) is 25.9 Å². The summed E-state index contributed by atoms with van der Waals surface area (Å²) in [4.78, 5) is 6.71. The van der Waals surface area contributed by atoms with Gasteiger partial charge in [0.25, 0.3) is 0 Å². The fourth-order valence-corrected chi connectivity index (χ4v) is 2.71. The van der Waals surface area contributed by atoms with E-state index < -0.39 is 6.10 Å². The normalized spacial score (nSPS) is 16.0. The molecule has 1 aliphatic rings. The number of aliphatic hydroxyl groups excluding tert-OH is 1. The third kappa shape index (κ3) is 2.22. The highest BCUT2D eigenvalue weighted by atomic mass is 16.3. The summed E-state index contributed by atoms with van der Waals surface area (Å²) in [6.45, 7) is 2.74. The Balaban J connectivity index is 2.09. The minimum absolute atomic E-state index is 0.502. The molecule has 1 aromatic heterocycles. The molecule has 0 unspecified atom stereocenters. The first-order valence-corrected chi connectivity index (χ1v) is 6.76. The smallest absolute Gasteiger partial charge is 0.138 e. The van der Waals surface area contributed by atoms with E-state index in [1.54, 1.807) is 13.1 Å². The maximum Gasteiger partial charge on any atom is 0.138 e. The minimum Gasteiger partial charge on any atom is -0.389 e. The van der Waals surface area contributed by atoms with Gasteiger partial charge in [-0.05, 0) is 37.5 Å². The average Bonchev–Trinajstić information content (AvgIpc) is 2.46. The van der Waals surface area contributed by atoms with Crippen LogP contribution in [-0.2, 0) is 6.42 Å². The highest BCUT2D eigenvalue weighted by Gasteiger charge is 2.22. The van der Waals surface area contributed by atoms with E-state index in [-0.39, 0.29) is 0 Å². The average molecular weight is 254 g/mol. The van der Waals surface area contributed by atoms with Gasteiger partial charge in [-0.15, -0.1) is 0 Å². The summed E-state index contributed by atoms with van der Waals surface area (Å²) < 4.78 is 0. The SMILES string of the molecule is C[C@H](O)c1cccnc1N1CCCc2ccccc21. The van der Waals surface area contributed by atoms with Crippen molar-refractivity contribution in [2.24, 2.45) is 0 Å². The maximum atomic E-state index is 9.92. The molecule has 0 spiro atoms. The molecule has 0 amide bonds. The third-order valence-corrected chi connectivity index (χ3v) is 3.63. The van der Waals surface area contributed by atoms with Crippen LogP contribution < -0.4 is 4.90 Å². The number of nitrogens with zero attached hydrogens (tertiary/aromatic N) is 2. The molecule has 3 rings (SSSR count). The molecule has 1 atom stereocenters. The second-order valence-corrected chi connectivity index (χ2v) is 4.98. The zero-order chi connectivity index (χ0) is 13.2. The predicted octanol–water partition coefficient (Wildman–Crippen LogP) is 3.22. The molecule has 0 saturated carbocycles. The van der Waals surface area contributed by atoms with Crippen LogP contribution in [0, 0.1) is 0 Å². The first-order chi connectivity index (χ1) is 9.27. The van der Waals surface area contributed by atoms with Gasteiger partial charge in [-0.1, -0.05) is 24.3 Å². The first kappa shape index (κ1) is 12.2. The van der Waals surface area contributed by atoms with Crippen LogP contribution >= 0.6 is 0 Å². The van der Waals surface area contributed by atoms with E-state index in [1.807, 2.05) is 12.1 Å². The van der Waals surface area contributed by atoms with Crippen LogP contribution in [0.1, 0.15) is 30.6 Å². The van der Waals surface area contributed by atoms with Crippen LogP contribution in [0.5, 0.6) is 0 Å². The van der Waals surface area contributed by atoms with Crippen molar-refractivity contribution < 1.29 is 5.11 Å². The number of aliphatic hydroxyl groups is 1. The third-order valence-electron chi connectivity index (χ3n) is 3.63. The van der Waals surface area contributed by atoms with Gasteiger partial charge in [0.15, 0.2) is 0 Å². The topological polar surface area (TPSA) is 36.4 Å². The van der Waals surface area contributed by atoms with Crippen molar-refractivity contribution in [3.8, 4) is 0 Å². The highest BCUT2D eigenvalue weighted by molar-refractivity contribution is 5.67. The van der Waals surface area contributed by atoms with Crippen LogP contribution in [0.3, 0.4) is 0 Å². The molecule has 1 N–H and O–H groups in total. The Morgan fingerprint density at radius 1 is 1.21 bits per heavy atom. The zero-order valence-corrected chi connectivity index (χ0v) is 11.1. The van der Waals surface area contributed by atoms with Gasteiger partial charge in [0.1, 0.15) is 5.82 Å². The molecule has 98 valence electrons. The number of para-hydroxylation sites is 1. The number of aryl methyl sites for hydroxylation is 1. The Morgan fingerprint density at radius 2 is 2.05 bits per heavy atom. The molecule has 0 saturated heterocycles. The van der Waals surface area contributed by atoms with E-state index in [1.165, 1.54) is 11.3 Å². The summed E-state index contributed by atoms with van der Waals surface area (Å²) in [5.74, 6) is 0.879. The molecule has 2 heterocycles. The van der Waals surface area contributed by atoms with Gasteiger partial charge in [0.2, 0.25) is 0 Å². The Kier molecular flexibility index (Phi) is 3.22. The van der Waals surface area contributed by atoms with E-state index in [0.29, 0.717) is 0 Å². The van der Waals surface area contributed by atoms with Crippen molar-refractivity contribution in [3.63, 3.8) is 0 Å². The summed E-state index contributed by atoms with van der Waals surface area (Å²) >= 11 is 0. The summed E-state index contributed by atoms with van der Waals surface area (Å²) in [6.07, 6.45) is 3.52. The summed E-state index contributed by atoms with van der Waals surface area (Å²) in [6, 6.07) is 12.3. The standard InChI is InChI=1S/C16H18N2O/c1-12(19)14-8-4-10-17-16(14)18-11-5-7-13-6-2-3-9-15(13)18/h2-4,6,8-10,12,19H,5,7,11H2,1H3/t12-/m0/s1. The lowest BCUT2D eigenvalue weighted by Crippen LogP contribution is -2.26. The fourth-order valence-electron chi connectivity index (χ4n) is 2.71. The lowest BCUT2D eigenvalue weighted by Gasteiger charge is -2.32.